The quantitative estimate of drug-likeness (QED) is 0.277. The van der Waals surface area contributed by atoms with Crippen molar-refractivity contribution < 1.29 is 4.79 Å². The minimum Gasteiger partial charge on any atom is -0.367 e. The standard InChI is InChI=1S/C18H29ClN6O.HI/c1-4-5-7-21-18(22-14-17(26)23(2)3)25-11-9-24(10-12-25)16-6-8-20-13-15(16)19;/h6,8,13H,4-5,7,9-12,14H2,1-3H3,(H,21,22);1H. The number of piperazine rings is 1. The molecule has 0 unspecified atom stereocenters. The number of pyridine rings is 1. The van der Waals surface area contributed by atoms with Gasteiger partial charge in [-0.25, -0.2) is 4.99 Å². The topological polar surface area (TPSA) is 64.1 Å². The third-order valence-corrected chi connectivity index (χ3v) is 4.64. The number of nitrogens with zero attached hydrogens (tertiary/aromatic N) is 5. The van der Waals surface area contributed by atoms with E-state index in [1.165, 1.54) is 0 Å². The summed E-state index contributed by atoms with van der Waals surface area (Å²) < 4.78 is 0. The first kappa shape index (κ1) is 23.7. The molecule has 1 aromatic rings. The van der Waals surface area contributed by atoms with Crippen LogP contribution in [0.4, 0.5) is 5.69 Å². The van der Waals surface area contributed by atoms with Gasteiger partial charge in [0.2, 0.25) is 5.91 Å². The number of halogens is 2. The summed E-state index contributed by atoms with van der Waals surface area (Å²) in [5.41, 5.74) is 1.02. The van der Waals surface area contributed by atoms with Gasteiger partial charge in [0, 0.05) is 59.2 Å². The Morgan fingerprint density at radius 2 is 2.04 bits per heavy atom. The molecule has 0 radical (unpaired) electrons. The van der Waals surface area contributed by atoms with Crippen LogP contribution in [0.5, 0.6) is 0 Å². The molecule has 0 saturated carbocycles. The van der Waals surface area contributed by atoms with E-state index in [0.717, 1.165) is 57.2 Å². The monoisotopic (exact) mass is 508 g/mol. The van der Waals surface area contributed by atoms with E-state index >= 15 is 0 Å². The lowest BCUT2D eigenvalue weighted by atomic mass is 10.2. The first-order chi connectivity index (χ1) is 12.5. The van der Waals surface area contributed by atoms with Crippen LogP contribution in [0.3, 0.4) is 0 Å². The van der Waals surface area contributed by atoms with E-state index in [1.54, 1.807) is 31.4 Å². The zero-order chi connectivity index (χ0) is 18.9. The molecule has 0 spiro atoms. The minimum absolute atomic E-state index is 0. The number of hydrogen-bond donors (Lipinski definition) is 1. The number of aliphatic imine (C=N–C) groups is 1. The number of unbranched alkanes of at least 4 members (excludes halogenated alkanes) is 1. The number of anilines is 1. The molecule has 7 nitrogen and oxygen atoms in total. The summed E-state index contributed by atoms with van der Waals surface area (Å²) >= 11 is 6.26. The van der Waals surface area contributed by atoms with Crippen LogP contribution in [-0.2, 0) is 4.79 Å². The number of carbonyl (C=O) groups is 1. The Morgan fingerprint density at radius 1 is 1.33 bits per heavy atom. The summed E-state index contributed by atoms with van der Waals surface area (Å²) in [5.74, 6) is 0.816. The lowest BCUT2D eigenvalue weighted by Gasteiger charge is -2.38. The molecule has 2 heterocycles. The third kappa shape index (κ3) is 7.33. The van der Waals surface area contributed by atoms with Crippen molar-refractivity contribution in [1.82, 2.24) is 20.1 Å². The van der Waals surface area contributed by atoms with Crippen LogP contribution in [0.1, 0.15) is 19.8 Å². The first-order valence-corrected chi connectivity index (χ1v) is 9.48. The highest BCUT2D eigenvalue weighted by Crippen LogP contribution is 2.25. The van der Waals surface area contributed by atoms with Gasteiger partial charge in [0.1, 0.15) is 6.54 Å². The fraction of sp³-hybridized carbons (Fsp3) is 0.611. The maximum atomic E-state index is 11.9. The number of carbonyl (C=O) groups excluding carboxylic acids is 1. The molecule has 0 bridgehead atoms. The van der Waals surface area contributed by atoms with E-state index in [2.05, 4.69) is 32.0 Å². The van der Waals surface area contributed by atoms with Crippen LogP contribution in [0.25, 0.3) is 0 Å². The van der Waals surface area contributed by atoms with Crippen molar-refractivity contribution >= 4 is 53.1 Å². The Labute approximate surface area is 184 Å². The molecule has 152 valence electrons. The average Bonchev–Trinajstić information content (AvgIpc) is 2.65. The van der Waals surface area contributed by atoms with Crippen LogP contribution >= 0.6 is 35.6 Å². The Hall–Kier alpha value is -1.29. The van der Waals surface area contributed by atoms with Gasteiger partial charge < -0.3 is 20.0 Å². The van der Waals surface area contributed by atoms with Gasteiger partial charge in [-0.1, -0.05) is 24.9 Å². The second-order valence-corrected chi connectivity index (χ2v) is 6.92. The van der Waals surface area contributed by atoms with Crippen LogP contribution < -0.4 is 10.2 Å². The smallest absolute Gasteiger partial charge is 0.243 e. The Kier molecular flexibility index (Phi) is 10.8. The third-order valence-electron chi connectivity index (χ3n) is 4.35. The van der Waals surface area contributed by atoms with Crippen molar-refractivity contribution in [2.75, 3.05) is 58.3 Å². The Morgan fingerprint density at radius 3 is 2.63 bits per heavy atom. The molecule has 1 fully saturated rings. The van der Waals surface area contributed by atoms with E-state index < -0.39 is 0 Å². The number of amides is 1. The molecule has 0 aliphatic carbocycles. The van der Waals surface area contributed by atoms with Gasteiger partial charge in [0.15, 0.2) is 5.96 Å². The second-order valence-electron chi connectivity index (χ2n) is 6.51. The zero-order valence-electron chi connectivity index (χ0n) is 16.3. The predicted octanol–water partition coefficient (Wildman–Crippen LogP) is 2.31. The summed E-state index contributed by atoms with van der Waals surface area (Å²) in [6.07, 6.45) is 5.63. The van der Waals surface area contributed by atoms with E-state index in [4.69, 9.17) is 11.6 Å². The van der Waals surface area contributed by atoms with Gasteiger partial charge in [0.05, 0.1) is 10.7 Å². The number of guanidine groups is 1. The van der Waals surface area contributed by atoms with Crippen molar-refractivity contribution in [1.29, 1.82) is 0 Å². The molecule has 1 N–H and O–H groups in total. The maximum absolute atomic E-state index is 11.9. The van der Waals surface area contributed by atoms with Crippen molar-refractivity contribution in [3.63, 3.8) is 0 Å². The summed E-state index contributed by atoms with van der Waals surface area (Å²) in [4.78, 5) is 26.5. The summed E-state index contributed by atoms with van der Waals surface area (Å²) in [6.45, 7) is 6.53. The number of likely N-dealkylation sites (N-methyl/N-ethyl adjacent to an activating group) is 1. The molecule has 1 amide bonds. The van der Waals surface area contributed by atoms with Crippen molar-refractivity contribution in [3.8, 4) is 0 Å². The molecular formula is C18H30ClIN6O. The van der Waals surface area contributed by atoms with Crippen LogP contribution in [0, 0.1) is 0 Å². The summed E-state index contributed by atoms with van der Waals surface area (Å²) in [5, 5.41) is 4.07. The van der Waals surface area contributed by atoms with Crippen molar-refractivity contribution in [2.45, 2.75) is 19.8 Å². The van der Waals surface area contributed by atoms with E-state index in [1.807, 2.05) is 6.07 Å². The zero-order valence-corrected chi connectivity index (χ0v) is 19.4. The van der Waals surface area contributed by atoms with Gasteiger partial charge >= 0.3 is 0 Å². The molecule has 1 saturated heterocycles. The molecule has 0 aromatic carbocycles. The van der Waals surface area contributed by atoms with E-state index in [0.29, 0.717) is 5.02 Å². The fourth-order valence-corrected chi connectivity index (χ4v) is 2.95. The van der Waals surface area contributed by atoms with Crippen LogP contribution in [-0.4, -0.2) is 80.0 Å². The van der Waals surface area contributed by atoms with Gasteiger partial charge in [-0.2, -0.15) is 0 Å². The lowest BCUT2D eigenvalue weighted by Crippen LogP contribution is -2.53. The van der Waals surface area contributed by atoms with Gasteiger partial charge in [-0.3, -0.25) is 9.78 Å². The number of rotatable bonds is 6. The van der Waals surface area contributed by atoms with Crippen LogP contribution in [0.15, 0.2) is 23.5 Å². The van der Waals surface area contributed by atoms with Gasteiger partial charge in [-0.05, 0) is 12.5 Å². The highest BCUT2D eigenvalue weighted by molar-refractivity contribution is 14.0. The number of aromatic nitrogens is 1. The second kappa shape index (κ2) is 12.2. The molecule has 1 aromatic heterocycles. The molecule has 2 rings (SSSR count). The predicted molar refractivity (Wildman–Crippen MR) is 122 cm³/mol. The molecule has 1 aliphatic rings. The van der Waals surface area contributed by atoms with Crippen molar-refractivity contribution in [2.24, 2.45) is 4.99 Å². The molecule has 0 atom stereocenters. The maximum Gasteiger partial charge on any atom is 0.243 e. The normalized spacial score (nSPS) is 14.6. The summed E-state index contributed by atoms with van der Waals surface area (Å²) in [6, 6.07) is 1.95. The largest absolute Gasteiger partial charge is 0.367 e. The molecule has 27 heavy (non-hydrogen) atoms. The SMILES string of the molecule is CCCCNC(=NCC(=O)N(C)C)N1CCN(c2ccncc2Cl)CC1.I. The molecular weight excluding hydrogens is 479 g/mol. The van der Waals surface area contributed by atoms with E-state index in [9.17, 15) is 4.79 Å². The van der Waals surface area contributed by atoms with Gasteiger partial charge in [-0.15, -0.1) is 24.0 Å². The number of hydrogen-bond acceptors (Lipinski definition) is 4. The van der Waals surface area contributed by atoms with Crippen LogP contribution in [0.2, 0.25) is 5.02 Å². The summed E-state index contributed by atoms with van der Waals surface area (Å²) in [7, 11) is 3.50. The average molecular weight is 509 g/mol. The molecule has 1 aliphatic heterocycles. The lowest BCUT2D eigenvalue weighted by molar-refractivity contribution is -0.127. The van der Waals surface area contributed by atoms with Crippen molar-refractivity contribution in [3.05, 3.63) is 23.5 Å². The highest BCUT2D eigenvalue weighted by atomic mass is 127. The highest BCUT2D eigenvalue weighted by Gasteiger charge is 2.21. The minimum atomic E-state index is 0. The van der Waals surface area contributed by atoms with E-state index in [-0.39, 0.29) is 36.4 Å². The first-order valence-electron chi connectivity index (χ1n) is 9.10. The Bertz CT molecular complexity index is 620. The Balaban J connectivity index is 0.00000364. The number of nitrogens with one attached hydrogen (secondary N) is 1. The fourth-order valence-electron chi connectivity index (χ4n) is 2.71. The molecule has 9 heteroatoms. The van der Waals surface area contributed by atoms with Gasteiger partial charge in [0.25, 0.3) is 0 Å².